The van der Waals surface area contributed by atoms with Gasteiger partial charge in [-0.3, -0.25) is 9.59 Å². The van der Waals surface area contributed by atoms with Crippen LogP contribution in [0.3, 0.4) is 0 Å². The maximum Gasteiger partial charge on any atom is 0.321 e. The minimum Gasteiger partial charge on any atom is -0.507 e. The van der Waals surface area contributed by atoms with Crippen LogP contribution in [0.4, 0.5) is 5.69 Å². The van der Waals surface area contributed by atoms with Crippen LogP contribution in [-0.4, -0.2) is 33.9 Å². The first-order chi connectivity index (χ1) is 10.4. The summed E-state index contributed by atoms with van der Waals surface area (Å²) in [6.45, 7) is -2.96. The Balaban J connectivity index is 3.12. The molecule has 0 radical (unpaired) electrons. The quantitative estimate of drug-likeness (QED) is 0.468. The Hall–Kier alpha value is -1.73. The van der Waals surface area contributed by atoms with Crippen molar-refractivity contribution in [2.75, 3.05) is 11.1 Å². The van der Waals surface area contributed by atoms with E-state index < -0.39 is 48.3 Å². The van der Waals surface area contributed by atoms with Gasteiger partial charge in [-0.15, -0.1) is 11.8 Å². The lowest BCUT2D eigenvalue weighted by atomic mass is 10.3. The topological polar surface area (TPSA) is 113 Å². The average molecular weight is 275 g/mol. The number of phenols is 1. The first-order valence-electron chi connectivity index (χ1n) is 7.21. The predicted octanol–water partition coefficient (Wildman–Crippen LogP) is 0.855. The largest absolute Gasteiger partial charge is 0.507 e. The average Bonchev–Trinajstić information content (AvgIpc) is 2.41. The number of carboxylic acids is 1. The second-order valence-corrected chi connectivity index (χ2v) is 4.24. The van der Waals surface area contributed by atoms with Crippen LogP contribution in [0.5, 0.6) is 5.75 Å². The molecule has 0 spiro atoms. The van der Waals surface area contributed by atoms with Gasteiger partial charge in [-0.2, -0.15) is 0 Å². The molecule has 1 aromatic carbocycles. The highest BCUT2D eigenvalue weighted by atomic mass is 32.2. The minimum atomic E-state index is -2.96. The second-order valence-electron chi connectivity index (χ2n) is 3.21. The number of rotatable bonds is 5. The molecule has 18 heavy (non-hydrogen) atoms. The molecule has 7 heteroatoms. The number of thioether (sulfide) groups is 1. The monoisotopic (exact) mass is 275 g/mol. The van der Waals surface area contributed by atoms with E-state index in [1.807, 2.05) is 5.32 Å². The van der Waals surface area contributed by atoms with E-state index in [2.05, 4.69) is 0 Å². The zero-order chi connectivity index (χ0) is 17.9. The molecule has 6 nitrogen and oxygen atoms in total. The number of nitrogens with one attached hydrogen (secondary N) is 1. The maximum absolute atomic E-state index is 11.5. The van der Waals surface area contributed by atoms with Gasteiger partial charge in [-0.25, -0.2) is 0 Å². The van der Waals surface area contributed by atoms with Gasteiger partial charge in [0.25, 0.3) is 0 Å². The van der Waals surface area contributed by atoms with Crippen molar-refractivity contribution in [3.05, 3.63) is 18.2 Å². The van der Waals surface area contributed by atoms with Crippen molar-refractivity contribution < 1.29 is 26.7 Å². The van der Waals surface area contributed by atoms with Crippen LogP contribution >= 0.6 is 11.8 Å². The Morgan fingerprint density at radius 1 is 1.72 bits per heavy atom. The molecular weight excluding hydrogens is 256 g/mol. The highest BCUT2D eigenvalue weighted by Crippen LogP contribution is 2.31. The van der Waals surface area contributed by atoms with E-state index in [9.17, 15) is 14.7 Å². The van der Waals surface area contributed by atoms with Crippen molar-refractivity contribution in [1.29, 1.82) is 0 Å². The number of hydrogen-bond donors (Lipinski definition) is 4. The van der Waals surface area contributed by atoms with Gasteiger partial charge in [0.05, 0.1) is 7.64 Å². The van der Waals surface area contributed by atoms with Crippen molar-refractivity contribution in [2.24, 2.45) is 5.73 Å². The molecule has 0 unspecified atom stereocenters. The lowest BCUT2D eigenvalue weighted by Gasteiger charge is -2.09. The van der Waals surface area contributed by atoms with Gasteiger partial charge in [0, 0.05) is 22.4 Å². The molecule has 1 rings (SSSR count). The molecule has 1 amide bonds. The summed E-state index contributed by atoms with van der Waals surface area (Å²) < 4.78 is 36.4. The van der Waals surface area contributed by atoms with E-state index in [1.165, 1.54) is 0 Å². The fourth-order valence-electron chi connectivity index (χ4n) is 0.955. The third kappa shape index (κ3) is 4.27. The molecule has 0 aromatic heterocycles. The molecule has 1 aromatic rings. The van der Waals surface area contributed by atoms with Crippen molar-refractivity contribution in [3.63, 3.8) is 0 Å². The third-order valence-corrected chi connectivity index (χ3v) is 2.91. The van der Waals surface area contributed by atoms with Gasteiger partial charge < -0.3 is 21.3 Å². The Kier molecular flexibility index (Phi) is 2.92. The molecule has 0 saturated carbocycles. The van der Waals surface area contributed by atoms with Crippen LogP contribution in [0.1, 0.15) is 13.7 Å². The van der Waals surface area contributed by atoms with E-state index in [0.717, 1.165) is 17.8 Å². The Bertz CT molecular complexity index is 638. The molecule has 0 aliphatic carbocycles. The number of aliphatic carboxylic acids is 1. The van der Waals surface area contributed by atoms with E-state index in [1.54, 1.807) is 0 Å². The fraction of sp³-hybridized carbons (Fsp3) is 0.273. The highest BCUT2D eigenvalue weighted by molar-refractivity contribution is 7.99. The summed E-state index contributed by atoms with van der Waals surface area (Å²) in [6.07, 6.45) is 0. The van der Waals surface area contributed by atoms with E-state index >= 15 is 0 Å². The smallest absolute Gasteiger partial charge is 0.321 e. The molecule has 0 fully saturated rings. The van der Waals surface area contributed by atoms with Crippen LogP contribution < -0.4 is 11.1 Å². The maximum atomic E-state index is 11.5. The van der Waals surface area contributed by atoms with E-state index in [4.69, 9.17) is 17.7 Å². The third-order valence-electron chi connectivity index (χ3n) is 1.79. The number of amides is 1. The Morgan fingerprint density at radius 3 is 3.06 bits per heavy atom. The van der Waals surface area contributed by atoms with Gasteiger partial charge in [-0.05, 0) is 18.2 Å². The van der Waals surface area contributed by atoms with Gasteiger partial charge in [-0.1, -0.05) is 0 Å². The Morgan fingerprint density at radius 2 is 2.44 bits per heavy atom. The molecule has 0 saturated heterocycles. The van der Waals surface area contributed by atoms with E-state index in [-0.39, 0.29) is 10.6 Å². The highest BCUT2D eigenvalue weighted by Gasteiger charge is 2.13. The Labute approximate surface area is 115 Å². The van der Waals surface area contributed by atoms with Crippen LogP contribution in [0, 0.1) is 0 Å². The number of phenolic OH excluding ortho intramolecular Hbond substituents is 1. The molecule has 1 atom stereocenters. The van der Waals surface area contributed by atoms with Crippen LogP contribution in [0.25, 0.3) is 0 Å². The zero-order valence-corrected chi connectivity index (χ0v) is 9.87. The van der Waals surface area contributed by atoms with Gasteiger partial charge in [0.15, 0.2) is 0 Å². The number of hydrogen-bond acceptors (Lipinski definition) is 5. The number of carbonyl (C=O) groups excluding carboxylic acids is 1. The lowest BCUT2D eigenvalue weighted by Crippen LogP contribution is -2.32. The summed E-state index contributed by atoms with van der Waals surface area (Å²) in [5.41, 5.74) is 4.93. The molecule has 0 aliphatic heterocycles. The minimum absolute atomic E-state index is 0.112. The summed E-state index contributed by atoms with van der Waals surface area (Å²) >= 11 is 0.749. The fourth-order valence-corrected chi connectivity index (χ4v) is 1.82. The van der Waals surface area contributed by atoms with Crippen molar-refractivity contribution in [2.45, 2.75) is 17.8 Å². The summed E-state index contributed by atoms with van der Waals surface area (Å²) in [7, 11) is 0. The standard InChI is InChI=1S/C11H14N2O4S/c1-6(14)13-7-2-3-9(15)10(4-7)18-5-8(12)11(16)17/h2-4,8,15H,5,12H2,1H3,(H,13,14)(H,16,17)/t8-/m0/s1/i1D3,2D,4D. The van der Waals surface area contributed by atoms with Crippen LogP contribution in [0.2, 0.25) is 0 Å². The number of carbonyl (C=O) groups is 2. The van der Waals surface area contributed by atoms with Crippen LogP contribution in [-0.2, 0) is 9.59 Å². The van der Waals surface area contributed by atoms with Crippen molar-refractivity contribution >= 4 is 29.3 Å². The molecule has 0 bridgehead atoms. The molecule has 0 heterocycles. The normalized spacial score (nSPS) is 16.6. The number of aromatic hydroxyl groups is 1. The molecule has 0 aliphatic rings. The lowest BCUT2D eigenvalue weighted by molar-refractivity contribution is -0.137. The SMILES string of the molecule is [2H]c1cc(O)c(SC[C@H](N)C(=O)O)c([2H])c1NC(=O)C([2H])([2H])[2H]. The molecule has 5 N–H and O–H groups in total. The second kappa shape index (κ2) is 6.27. The molecular formula is C11H14N2O4S. The summed E-state index contributed by atoms with van der Waals surface area (Å²) in [6, 6.07) is -1.26. The number of nitrogens with two attached hydrogens (primary N) is 1. The summed E-state index contributed by atoms with van der Waals surface area (Å²) in [5, 5.41) is 20.4. The number of anilines is 1. The van der Waals surface area contributed by atoms with E-state index in [0.29, 0.717) is 0 Å². The van der Waals surface area contributed by atoms with Crippen molar-refractivity contribution in [3.8, 4) is 5.75 Å². The first-order valence-corrected chi connectivity index (χ1v) is 5.69. The predicted molar refractivity (Wildman–Crippen MR) is 68.7 cm³/mol. The van der Waals surface area contributed by atoms with Gasteiger partial charge in [0.2, 0.25) is 5.91 Å². The summed E-state index contributed by atoms with van der Waals surface area (Å²) in [4.78, 5) is 22.0. The number of carboxylic acid groups (broad SMARTS) is 1. The van der Waals surface area contributed by atoms with Gasteiger partial charge in [0.1, 0.15) is 11.8 Å². The molecule has 98 valence electrons. The first kappa shape index (κ1) is 8.39. The summed E-state index contributed by atoms with van der Waals surface area (Å²) in [5.74, 6) is -3.27. The number of benzene rings is 1. The van der Waals surface area contributed by atoms with Crippen molar-refractivity contribution in [1.82, 2.24) is 0 Å². The van der Waals surface area contributed by atoms with Gasteiger partial charge >= 0.3 is 5.97 Å². The van der Waals surface area contributed by atoms with Crippen LogP contribution in [0.15, 0.2) is 23.0 Å². The zero-order valence-electron chi connectivity index (χ0n) is 14.1.